The van der Waals surface area contributed by atoms with Crippen molar-refractivity contribution >= 4 is 17.8 Å². The molecule has 0 fully saturated rings. The van der Waals surface area contributed by atoms with Crippen LogP contribution in [0.2, 0.25) is 0 Å². The monoisotopic (exact) mass is 565 g/mol. The van der Waals surface area contributed by atoms with Gasteiger partial charge in [0, 0.05) is 38.6 Å². The molecule has 1 rings (SSSR count). The van der Waals surface area contributed by atoms with E-state index in [0.29, 0.717) is 19.6 Å². The maximum Gasteiger partial charge on any atom is 0.308 e. The third-order valence-corrected chi connectivity index (χ3v) is 6.19. The van der Waals surface area contributed by atoms with Crippen LogP contribution in [0.4, 0.5) is 0 Å². The van der Waals surface area contributed by atoms with Gasteiger partial charge in [0.2, 0.25) is 11.8 Å². The van der Waals surface area contributed by atoms with E-state index in [1.54, 1.807) is 27.7 Å². The van der Waals surface area contributed by atoms with Crippen molar-refractivity contribution in [2.24, 2.45) is 11.7 Å². The summed E-state index contributed by atoms with van der Waals surface area (Å²) >= 11 is 0. The number of hydrogen-bond acceptors (Lipinski definition) is 8. The Bertz CT molecular complexity index is 898. The van der Waals surface area contributed by atoms with E-state index >= 15 is 0 Å². The second kappa shape index (κ2) is 17.3. The molecule has 0 radical (unpaired) electrons. The normalized spacial score (nSPS) is 14.9. The van der Waals surface area contributed by atoms with Gasteiger partial charge in [0.05, 0.1) is 18.6 Å². The van der Waals surface area contributed by atoms with Crippen LogP contribution in [0, 0.1) is 5.92 Å². The largest absolute Gasteiger partial charge is 0.460 e. The number of carbonyl (C=O) groups is 3. The number of ether oxygens (including phenoxy) is 3. The van der Waals surface area contributed by atoms with Crippen molar-refractivity contribution < 1.29 is 33.7 Å². The first kappa shape index (κ1) is 35.5. The molecule has 0 aliphatic heterocycles. The van der Waals surface area contributed by atoms with E-state index in [1.165, 1.54) is 4.90 Å². The van der Waals surface area contributed by atoms with Gasteiger partial charge in [0.1, 0.15) is 11.6 Å². The fraction of sp³-hybridized carbons (Fsp3) is 0.700. The highest BCUT2D eigenvalue weighted by atomic mass is 16.7. The Morgan fingerprint density at radius 2 is 1.60 bits per heavy atom. The molecule has 1 unspecified atom stereocenters. The van der Waals surface area contributed by atoms with Gasteiger partial charge in [-0.2, -0.15) is 0 Å². The summed E-state index contributed by atoms with van der Waals surface area (Å²) in [7, 11) is 0. The number of nitrogens with two attached hydrogens (primary N) is 1. The van der Waals surface area contributed by atoms with Gasteiger partial charge in [-0.3, -0.25) is 14.4 Å². The Hall–Kier alpha value is -2.53. The molecule has 0 aliphatic carbocycles. The lowest BCUT2D eigenvalue weighted by Gasteiger charge is -2.37. The molecule has 1 aromatic rings. The molecule has 4 N–H and O–H groups in total. The topological polar surface area (TPSA) is 140 Å². The van der Waals surface area contributed by atoms with Crippen LogP contribution in [0.3, 0.4) is 0 Å². The first-order valence-corrected chi connectivity index (χ1v) is 14.2. The summed E-state index contributed by atoms with van der Waals surface area (Å²) in [6, 6.07) is 6.94. The lowest BCUT2D eigenvalue weighted by Crippen LogP contribution is -2.56. The quantitative estimate of drug-likeness (QED) is 0.194. The number of benzene rings is 1. The minimum Gasteiger partial charge on any atom is -0.460 e. The van der Waals surface area contributed by atoms with Gasteiger partial charge >= 0.3 is 5.97 Å². The summed E-state index contributed by atoms with van der Waals surface area (Å²) in [5.41, 5.74) is 6.17. The minimum atomic E-state index is -0.958. The molecule has 10 nitrogen and oxygen atoms in total. The molecule has 10 heteroatoms. The SMILES string of the molecule is CCOC(C[C@H](CC(=O)OC(C)(C)C)N(CC(O)Cc1ccccc1)C(=O)[C@H](C)NC(=O)[C@@H](N)C(C)C)OCC. The van der Waals surface area contributed by atoms with Crippen molar-refractivity contribution in [3.05, 3.63) is 35.9 Å². The van der Waals surface area contributed by atoms with Crippen LogP contribution >= 0.6 is 0 Å². The standard InChI is InChI=1S/C30H51N3O7/c1-9-38-26(39-10-2)18-23(17-25(35)40-30(6,7)8)33(19-24(34)16-22-14-12-11-13-15-22)29(37)21(5)32-28(36)27(31)20(3)4/h11-15,20-21,23-24,26-27,34H,9-10,16-19,31H2,1-8H3,(H,32,36)/t21-,23-,24?,27-/m0/s1. The number of esters is 1. The number of carbonyl (C=O) groups excluding carboxylic acids is 3. The van der Waals surface area contributed by atoms with E-state index < -0.39 is 53.9 Å². The zero-order valence-corrected chi connectivity index (χ0v) is 25.5. The summed E-state index contributed by atoms with van der Waals surface area (Å²) in [6.45, 7) is 14.8. The molecule has 0 saturated carbocycles. The summed E-state index contributed by atoms with van der Waals surface area (Å²) in [6.07, 6.45) is -1.32. The molecular formula is C30H51N3O7. The molecule has 1 aromatic carbocycles. The van der Waals surface area contributed by atoms with Crippen molar-refractivity contribution in [1.82, 2.24) is 10.2 Å². The lowest BCUT2D eigenvalue weighted by atomic mass is 10.0. The third-order valence-electron chi connectivity index (χ3n) is 6.19. The molecule has 0 spiro atoms. The van der Waals surface area contributed by atoms with E-state index in [2.05, 4.69) is 5.32 Å². The van der Waals surface area contributed by atoms with E-state index in [1.807, 2.05) is 58.0 Å². The highest BCUT2D eigenvalue weighted by molar-refractivity contribution is 5.90. The Morgan fingerprint density at radius 3 is 2.10 bits per heavy atom. The Balaban J connectivity index is 3.37. The number of nitrogens with one attached hydrogen (secondary N) is 1. The molecule has 228 valence electrons. The number of aliphatic hydroxyl groups excluding tert-OH is 1. The average molecular weight is 566 g/mol. The summed E-state index contributed by atoms with van der Waals surface area (Å²) in [5, 5.41) is 13.8. The molecule has 0 saturated heterocycles. The molecule has 0 aliphatic rings. The van der Waals surface area contributed by atoms with Crippen molar-refractivity contribution in [2.75, 3.05) is 19.8 Å². The number of aliphatic hydroxyl groups is 1. The number of hydrogen-bond donors (Lipinski definition) is 3. The van der Waals surface area contributed by atoms with Crippen LogP contribution in [0.25, 0.3) is 0 Å². The van der Waals surface area contributed by atoms with Gasteiger partial charge in [-0.05, 0) is 53.0 Å². The average Bonchev–Trinajstić information content (AvgIpc) is 2.85. The van der Waals surface area contributed by atoms with Gasteiger partial charge in [-0.1, -0.05) is 44.2 Å². The van der Waals surface area contributed by atoms with E-state index in [4.69, 9.17) is 19.9 Å². The fourth-order valence-corrected chi connectivity index (χ4v) is 4.19. The van der Waals surface area contributed by atoms with Crippen LogP contribution in [0.15, 0.2) is 30.3 Å². The summed E-state index contributed by atoms with van der Waals surface area (Å²) < 4.78 is 17.1. The molecule has 0 bridgehead atoms. The zero-order valence-electron chi connectivity index (χ0n) is 25.5. The van der Waals surface area contributed by atoms with Crippen molar-refractivity contribution in [2.45, 2.75) is 111 Å². The van der Waals surface area contributed by atoms with Crippen LogP contribution < -0.4 is 11.1 Å². The van der Waals surface area contributed by atoms with Crippen LogP contribution in [-0.4, -0.2) is 83.7 Å². The van der Waals surface area contributed by atoms with Crippen LogP contribution in [-0.2, 0) is 35.0 Å². The molecule has 0 heterocycles. The predicted molar refractivity (Wildman–Crippen MR) is 154 cm³/mol. The van der Waals surface area contributed by atoms with Crippen molar-refractivity contribution in [3.63, 3.8) is 0 Å². The molecule has 2 amide bonds. The highest BCUT2D eigenvalue weighted by Crippen LogP contribution is 2.20. The zero-order chi connectivity index (χ0) is 30.5. The summed E-state index contributed by atoms with van der Waals surface area (Å²) in [4.78, 5) is 41.0. The van der Waals surface area contributed by atoms with E-state index in [0.717, 1.165) is 5.56 Å². The van der Waals surface area contributed by atoms with Crippen LogP contribution in [0.5, 0.6) is 0 Å². The molecule has 40 heavy (non-hydrogen) atoms. The Kier molecular flexibility index (Phi) is 15.4. The smallest absolute Gasteiger partial charge is 0.308 e. The second-order valence-corrected chi connectivity index (χ2v) is 11.4. The third kappa shape index (κ3) is 13.2. The van der Waals surface area contributed by atoms with Gasteiger partial charge in [0.15, 0.2) is 6.29 Å². The molecule has 4 atom stereocenters. The lowest BCUT2D eigenvalue weighted by molar-refractivity contribution is -0.165. The predicted octanol–water partition coefficient (Wildman–Crippen LogP) is 2.80. The first-order valence-electron chi connectivity index (χ1n) is 14.2. The van der Waals surface area contributed by atoms with Gasteiger partial charge in [-0.15, -0.1) is 0 Å². The number of amides is 2. The maximum atomic E-state index is 13.9. The second-order valence-electron chi connectivity index (χ2n) is 11.4. The van der Waals surface area contributed by atoms with E-state index in [-0.39, 0.29) is 25.3 Å². The van der Waals surface area contributed by atoms with E-state index in [9.17, 15) is 19.5 Å². The maximum absolute atomic E-state index is 13.9. The van der Waals surface area contributed by atoms with Gasteiger partial charge in [0.25, 0.3) is 0 Å². The van der Waals surface area contributed by atoms with Crippen LogP contribution in [0.1, 0.15) is 73.8 Å². The number of rotatable bonds is 17. The van der Waals surface area contributed by atoms with Crippen molar-refractivity contribution in [3.8, 4) is 0 Å². The summed E-state index contributed by atoms with van der Waals surface area (Å²) in [5.74, 6) is -1.54. The molecular weight excluding hydrogens is 514 g/mol. The first-order chi connectivity index (χ1) is 18.7. The Morgan fingerprint density at radius 1 is 1.02 bits per heavy atom. The Labute approximate surface area is 239 Å². The van der Waals surface area contributed by atoms with Gasteiger partial charge < -0.3 is 35.3 Å². The minimum absolute atomic E-state index is 0.0807. The fourth-order valence-electron chi connectivity index (χ4n) is 4.19. The van der Waals surface area contributed by atoms with Gasteiger partial charge in [-0.25, -0.2) is 0 Å². The van der Waals surface area contributed by atoms with Crippen molar-refractivity contribution in [1.29, 1.82) is 0 Å². The highest BCUT2D eigenvalue weighted by Gasteiger charge is 2.35. The number of nitrogens with zero attached hydrogens (tertiary/aromatic N) is 1. The molecule has 0 aromatic heterocycles.